The number of methoxy groups -OCH3 is 2. The summed E-state index contributed by atoms with van der Waals surface area (Å²) in [6.45, 7) is 3.04. The minimum atomic E-state index is -0.227. The van der Waals surface area contributed by atoms with Crippen LogP contribution in [0.2, 0.25) is 0 Å². The standard InChI is InChI=1S/C19H22FNO3/c1-22-17-8-5-15(18(11-17)23-2)12-21-9-10-24-19(13-21)14-3-6-16(20)7-4-14/h3-8,11,19H,9-10,12-13H2,1-2H3/t19-/m0/s1. The maximum Gasteiger partial charge on any atom is 0.127 e. The lowest BCUT2D eigenvalue weighted by atomic mass is 10.1. The van der Waals surface area contributed by atoms with Crippen LogP contribution in [0.1, 0.15) is 17.2 Å². The average molecular weight is 331 g/mol. The Morgan fingerprint density at radius 3 is 2.62 bits per heavy atom. The first-order chi connectivity index (χ1) is 11.7. The average Bonchev–Trinajstić information content (AvgIpc) is 2.63. The van der Waals surface area contributed by atoms with Gasteiger partial charge in [-0.15, -0.1) is 0 Å². The maximum absolute atomic E-state index is 13.1. The SMILES string of the molecule is COc1ccc(CN2CCO[C@H](c3ccc(F)cc3)C2)c(OC)c1. The fraction of sp³-hybridized carbons (Fsp3) is 0.368. The van der Waals surface area contributed by atoms with Crippen molar-refractivity contribution in [2.45, 2.75) is 12.6 Å². The highest BCUT2D eigenvalue weighted by atomic mass is 19.1. The number of rotatable bonds is 5. The highest BCUT2D eigenvalue weighted by molar-refractivity contribution is 5.40. The summed E-state index contributed by atoms with van der Waals surface area (Å²) >= 11 is 0. The first-order valence-electron chi connectivity index (χ1n) is 8.00. The topological polar surface area (TPSA) is 30.9 Å². The molecule has 0 bridgehead atoms. The summed E-state index contributed by atoms with van der Waals surface area (Å²) in [4.78, 5) is 2.32. The molecule has 0 saturated carbocycles. The van der Waals surface area contributed by atoms with E-state index in [1.807, 2.05) is 18.2 Å². The van der Waals surface area contributed by atoms with Gasteiger partial charge in [0.1, 0.15) is 17.3 Å². The smallest absolute Gasteiger partial charge is 0.127 e. The van der Waals surface area contributed by atoms with Crippen LogP contribution in [-0.2, 0) is 11.3 Å². The van der Waals surface area contributed by atoms with Crippen molar-refractivity contribution in [2.75, 3.05) is 33.9 Å². The second-order valence-electron chi connectivity index (χ2n) is 5.82. The number of hydrogen-bond donors (Lipinski definition) is 0. The first-order valence-corrected chi connectivity index (χ1v) is 8.00. The van der Waals surface area contributed by atoms with Gasteiger partial charge in [-0.1, -0.05) is 18.2 Å². The van der Waals surface area contributed by atoms with Gasteiger partial charge in [0.25, 0.3) is 0 Å². The van der Waals surface area contributed by atoms with Crippen LogP contribution in [0.5, 0.6) is 11.5 Å². The molecule has 5 heteroatoms. The molecule has 2 aromatic rings. The van der Waals surface area contributed by atoms with Crippen LogP contribution in [-0.4, -0.2) is 38.8 Å². The molecule has 1 heterocycles. The summed E-state index contributed by atoms with van der Waals surface area (Å²) in [5.74, 6) is 1.37. The molecular weight excluding hydrogens is 309 g/mol. The van der Waals surface area contributed by atoms with Crippen LogP contribution in [0, 0.1) is 5.82 Å². The molecule has 0 aliphatic carbocycles. The fourth-order valence-corrected chi connectivity index (χ4v) is 2.95. The molecule has 0 aromatic heterocycles. The predicted molar refractivity (Wildman–Crippen MR) is 89.9 cm³/mol. The van der Waals surface area contributed by atoms with E-state index in [0.29, 0.717) is 6.61 Å². The second kappa shape index (κ2) is 7.64. The first kappa shape index (κ1) is 16.7. The monoisotopic (exact) mass is 331 g/mol. The molecule has 3 rings (SSSR count). The molecule has 0 spiro atoms. The summed E-state index contributed by atoms with van der Waals surface area (Å²) in [6, 6.07) is 12.4. The van der Waals surface area contributed by atoms with Crippen molar-refractivity contribution >= 4 is 0 Å². The molecule has 0 N–H and O–H groups in total. The van der Waals surface area contributed by atoms with Crippen LogP contribution >= 0.6 is 0 Å². The summed E-state index contributed by atoms with van der Waals surface area (Å²) in [5, 5.41) is 0. The van der Waals surface area contributed by atoms with Gasteiger partial charge in [0.15, 0.2) is 0 Å². The zero-order valence-electron chi connectivity index (χ0n) is 14.0. The Balaban J connectivity index is 1.70. The van der Waals surface area contributed by atoms with E-state index in [0.717, 1.165) is 42.3 Å². The van der Waals surface area contributed by atoms with Gasteiger partial charge >= 0.3 is 0 Å². The van der Waals surface area contributed by atoms with E-state index in [1.54, 1.807) is 26.4 Å². The molecule has 1 aliphatic heterocycles. The van der Waals surface area contributed by atoms with Crippen molar-refractivity contribution in [1.82, 2.24) is 4.90 Å². The third-order valence-electron chi connectivity index (χ3n) is 4.28. The van der Waals surface area contributed by atoms with E-state index >= 15 is 0 Å². The van der Waals surface area contributed by atoms with Gasteiger partial charge in [-0.25, -0.2) is 4.39 Å². The van der Waals surface area contributed by atoms with Gasteiger partial charge < -0.3 is 14.2 Å². The normalized spacial score (nSPS) is 18.4. The Labute approximate surface area is 141 Å². The molecule has 1 atom stereocenters. The zero-order chi connectivity index (χ0) is 16.9. The van der Waals surface area contributed by atoms with Gasteiger partial charge in [0.2, 0.25) is 0 Å². The quantitative estimate of drug-likeness (QED) is 0.840. The van der Waals surface area contributed by atoms with Crippen LogP contribution in [0.15, 0.2) is 42.5 Å². The summed E-state index contributed by atoms with van der Waals surface area (Å²) in [6.07, 6.45) is -0.0383. The molecule has 24 heavy (non-hydrogen) atoms. The minimum Gasteiger partial charge on any atom is -0.497 e. The van der Waals surface area contributed by atoms with Gasteiger partial charge in [0.05, 0.1) is 26.9 Å². The Kier molecular flexibility index (Phi) is 5.33. The van der Waals surface area contributed by atoms with E-state index in [-0.39, 0.29) is 11.9 Å². The third kappa shape index (κ3) is 3.86. The maximum atomic E-state index is 13.1. The summed E-state index contributed by atoms with van der Waals surface area (Å²) in [7, 11) is 3.31. The van der Waals surface area contributed by atoms with Crippen LogP contribution < -0.4 is 9.47 Å². The largest absolute Gasteiger partial charge is 0.497 e. The van der Waals surface area contributed by atoms with Crippen molar-refractivity contribution in [3.63, 3.8) is 0 Å². The Hall–Kier alpha value is -2.11. The molecule has 2 aromatic carbocycles. The molecule has 0 amide bonds. The lowest BCUT2D eigenvalue weighted by Crippen LogP contribution is -2.37. The van der Waals surface area contributed by atoms with E-state index in [1.165, 1.54) is 12.1 Å². The van der Waals surface area contributed by atoms with Crippen molar-refractivity contribution < 1.29 is 18.6 Å². The Morgan fingerprint density at radius 1 is 1.12 bits per heavy atom. The number of halogens is 1. The minimum absolute atomic E-state index is 0.0383. The van der Waals surface area contributed by atoms with Crippen molar-refractivity contribution in [3.8, 4) is 11.5 Å². The fourth-order valence-electron chi connectivity index (χ4n) is 2.95. The number of benzene rings is 2. The van der Waals surface area contributed by atoms with Gasteiger partial charge in [-0.05, 0) is 23.8 Å². The highest BCUT2D eigenvalue weighted by Gasteiger charge is 2.23. The summed E-state index contributed by atoms with van der Waals surface area (Å²) < 4.78 is 29.7. The molecular formula is C19H22FNO3. The molecule has 1 saturated heterocycles. The van der Waals surface area contributed by atoms with E-state index in [2.05, 4.69) is 4.90 Å². The zero-order valence-corrected chi connectivity index (χ0v) is 14.0. The van der Waals surface area contributed by atoms with Gasteiger partial charge in [-0.3, -0.25) is 4.90 Å². The van der Waals surface area contributed by atoms with E-state index < -0.39 is 0 Å². The Bertz CT molecular complexity index is 675. The highest BCUT2D eigenvalue weighted by Crippen LogP contribution is 2.28. The third-order valence-corrected chi connectivity index (χ3v) is 4.28. The van der Waals surface area contributed by atoms with Crippen molar-refractivity contribution in [3.05, 3.63) is 59.4 Å². The van der Waals surface area contributed by atoms with Gasteiger partial charge in [-0.2, -0.15) is 0 Å². The number of morpholine rings is 1. The molecule has 4 nitrogen and oxygen atoms in total. The van der Waals surface area contributed by atoms with E-state index in [4.69, 9.17) is 14.2 Å². The summed E-state index contributed by atoms with van der Waals surface area (Å²) in [5.41, 5.74) is 2.11. The van der Waals surface area contributed by atoms with Gasteiger partial charge in [0, 0.05) is 31.3 Å². The number of nitrogens with zero attached hydrogens (tertiary/aromatic N) is 1. The van der Waals surface area contributed by atoms with Crippen molar-refractivity contribution in [2.24, 2.45) is 0 Å². The van der Waals surface area contributed by atoms with Crippen molar-refractivity contribution in [1.29, 1.82) is 0 Å². The molecule has 128 valence electrons. The van der Waals surface area contributed by atoms with Crippen LogP contribution in [0.4, 0.5) is 4.39 Å². The van der Waals surface area contributed by atoms with Crippen LogP contribution in [0.3, 0.4) is 0 Å². The number of hydrogen-bond acceptors (Lipinski definition) is 4. The lowest BCUT2D eigenvalue weighted by molar-refractivity contribution is -0.0331. The molecule has 0 unspecified atom stereocenters. The lowest BCUT2D eigenvalue weighted by Gasteiger charge is -2.33. The Morgan fingerprint density at radius 2 is 1.92 bits per heavy atom. The van der Waals surface area contributed by atoms with E-state index in [9.17, 15) is 4.39 Å². The number of ether oxygens (including phenoxy) is 3. The molecule has 1 aliphatic rings. The van der Waals surface area contributed by atoms with Crippen LogP contribution in [0.25, 0.3) is 0 Å². The molecule has 0 radical (unpaired) electrons. The molecule has 1 fully saturated rings. The second-order valence-corrected chi connectivity index (χ2v) is 5.82. The predicted octanol–water partition coefficient (Wildman–Crippen LogP) is 3.42.